The van der Waals surface area contributed by atoms with Crippen molar-refractivity contribution >= 4 is 0 Å². The second-order valence-corrected chi connectivity index (χ2v) is 5.31. The predicted octanol–water partition coefficient (Wildman–Crippen LogP) is 1.48. The zero-order chi connectivity index (χ0) is 11.9. The Hall–Kier alpha value is -0.940. The standard InChI is InChI=1S/C12H19N3O2/c1-16-12(6-3-7-12)9-14-10(17-15-9)11(8-13)4-2-5-11/h2-8,13H2,1H3. The third-order valence-electron chi connectivity index (χ3n) is 4.54. The third-order valence-corrected chi connectivity index (χ3v) is 4.54. The van der Waals surface area contributed by atoms with Crippen LogP contribution in [0.25, 0.3) is 0 Å². The van der Waals surface area contributed by atoms with E-state index in [4.69, 9.17) is 15.0 Å². The van der Waals surface area contributed by atoms with Crippen LogP contribution in [0.3, 0.4) is 0 Å². The fraction of sp³-hybridized carbons (Fsp3) is 0.833. The van der Waals surface area contributed by atoms with Crippen LogP contribution in [0.1, 0.15) is 50.2 Å². The molecule has 2 aliphatic carbocycles. The summed E-state index contributed by atoms with van der Waals surface area (Å²) in [7, 11) is 1.72. The average Bonchev–Trinajstić information content (AvgIpc) is 2.67. The Bertz CT molecular complexity index is 360. The molecule has 0 spiro atoms. The van der Waals surface area contributed by atoms with Crippen LogP contribution in [0, 0.1) is 0 Å². The molecule has 94 valence electrons. The molecule has 0 saturated heterocycles. The minimum Gasteiger partial charge on any atom is -0.370 e. The number of rotatable bonds is 4. The van der Waals surface area contributed by atoms with E-state index in [1.165, 1.54) is 12.8 Å². The topological polar surface area (TPSA) is 74.2 Å². The van der Waals surface area contributed by atoms with Crippen molar-refractivity contribution in [2.75, 3.05) is 13.7 Å². The lowest BCUT2D eigenvalue weighted by molar-refractivity contribution is -0.0858. The van der Waals surface area contributed by atoms with Gasteiger partial charge in [0.05, 0.1) is 5.41 Å². The summed E-state index contributed by atoms with van der Waals surface area (Å²) in [5, 5.41) is 4.11. The molecule has 0 aromatic carbocycles. The highest BCUT2D eigenvalue weighted by atomic mass is 16.5. The van der Waals surface area contributed by atoms with E-state index in [-0.39, 0.29) is 11.0 Å². The molecule has 0 amide bonds. The second-order valence-electron chi connectivity index (χ2n) is 5.31. The Labute approximate surface area is 101 Å². The molecule has 5 nitrogen and oxygen atoms in total. The highest BCUT2D eigenvalue weighted by Crippen LogP contribution is 2.46. The maximum atomic E-state index is 5.84. The van der Waals surface area contributed by atoms with Crippen LogP contribution in [0.15, 0.2) is 4.52 Å². The highest BCUT2D eigenvalue weighted by molar-refractivity contribution is 5.15. The summed E-state index contributed by atoms with van der Waals surface area (Å²) in [4.78, 5) is 4.56. The van der Waals surface area contributed by atoms with E-state index in [9.17, 15) is 0 Å². The summed E-state index contributed by atoms with van der Waals surface area (Å²) < 4.78 is 11.0. The van der Waals surface area contributed by atoms with Gasteiger partial charge in [-0.05, 0) is 32.1 Å². The monoisotopic (exact) mass is 237 g/mol. The van der Waals surface area contributed by atoms with Crippen LogP contribution in [0.4, 0.5) is 0 Å². The first-order valence-corrected chi connectivity index (χ1v) is 6.35. The van der Waals surface area contributed by atoms with Crippen molar-refractivity contribution in [3.8, 4) is 0 Å². The second kappa shape index (κ2) is 3.78. The van der Waals surface area contributed by atoms with Gasteiger partial charge in [-0.2, -0.15) is 4.98 Å². The molecule has 3 rings (SSSR count). The maximum absolute atomic E-state index is 5.84. The third kappa shape index (κ3) is 1.45. The number of ether oxygens (including phenoxy) is 1. The normalized spacial score (nSPS) is 25.1. The molecule has 5 heteroatoms. The zero-order valence-electron chi connectivity index (χ0n) is 10.2. The number of nitrogens with two attached hydrogens (primary N) is 1. The van der Waals surface area contributed by atoms with Crippen molar-refractivity contribution in [2.24, 2.45) is 5.73 Å². The van der Waals surface area contributed by atoms with Gasteiger partial charge >= 0.3 is 0 Å². The van der Waals surface area contributed by atoms with Gasteiger partial charge in [0.15, 0.2) is 0 Å². The average molecular weight is 237 g/mol. The molecule has 0 aliphatic heterocycles. The van der Waals surface area contributed by atoms with Gasteiger partial charge in [0.25, 0.3) is 0 Å². The molecule has 0 atom stereocenters. The molecule has 1 aromatic rings. The lowest BCUT2D eigenvalue weighted by Crippen LogP contribution is -2.42. The molecule has 2 saturated carbocycles. The summed E-state index contributed by atoms with van der Waals surface area (Å²) in [6, 6.07) is 0. The van der Waals surface area contributed by atoms with Crippen LogP contribution in [-0.4, -0.2) is 23.8 Å². The molecule has 2 aliphatic rings. The molecule has 2 fully saturated rings. The van der Waals surface area contributed by atoms with Gasteiger partial charge < -0.3 is 15.0 Å². The van der Waals surface area contributed by atoms with Crippen molar-refractivity contribution in [1.29, 1.82) is 0 Å². The molecule has 0 unspecified atom stereocenters. The molecule has 0 bridgehead atoms. The Kier molecular flexibility index (Phi) is 2.48. The molecule has 1 aromatic heterocycles. The zero-order valence-corrected chi connectivity index (χ0v) is 10.2. The summed E-state index contributed by atoms with van der Waals surface area (Å²) in [5.41, 5.74) is 5.50. The Morgan fingerprint density at radius 3 is 2.41 bits per heavy atom. The van der Waals surface area contributed by atoms with Crippen molar-refractivity contribution < 1.29 is 9.26 Å². The minimum atomic E-state index is -0.290. The number of hydrogen-bond donors (Lipinski definition) is 1. The molecule has 17 heavy (non-hydrogen) atoms. The van der Waals surface area contributed by atoms with Crippen LogP contribution in [0.2, 0.25) is 0 Å². The van der Waals surface area contributed by atoms with Crippen LogP contribution in [-0.2, 0) is 15.8 Å². The van der Waals surface area contributed by atoms with Crippen molar-refractivity contribution in [3.63, 3.8) is 0 Å². The molecule has 0 radical (unpaired) electrons. The van der Waals surface area contributed by atoms with Crippen LogP contribution < -0.4 is 5.73 Å². The number of nitrogens with zero attached hydrogens (tertiary/aromatic N) is 2. The van der Waals surface area contributed by atoms with Gasteiger partial charge in [-0.3, -0.25) is 0 Å². The fourth-order valence-electron chi connectivity index (χ4n) is 2.75. The first-order valence-electron chi connectivity index (χ1n) is 6.35. The van der Waals surface area contributed by atoms with E-state index in [0.717, 1.165) is 25.7 Å². The minimum absolute atomic E-state index is 0.0517. The molecular weight excluding hydrogens is 218 g/mol. The number of aromatic nitrogens is 2. The van der Waals surface area contributed by atoms with Gasteiger partial charge in [0.1, 0.15) is 5.60 Å². The fourth-order valence-corrected chi connectivity index (χ4v) is 2.75. The Morgan fingerprint density at radius 1 is 1.29 bits per heavy atom. The van der Waals surface area contributed by atoms with Crippen LogP contribution >= 0.6 is 0 Å². The quantitative estimate of drug-likeness (QED) is 0.858. The van der Waals surface area contributed by atoms with Crippen molar-refractivity contribution in [2.45, 2.75) is 49.5 Å². The Morgan fingerprint density at radius 2 is 2.00 bits per heavy atom. The first-order chi connectivity index (χ1) is 8.25. The highest BCUT2D eigenvalue weighted by Gasteiger charge is 2.47. The Balaban J connectivity index is 1.87. The van der Waals surface area contributed by atoms with Gasteiger partial charge in [-0.1, -0.05) is 11.6 Å². The van der Waals surface area contributed by atoms with Crippen molar-refractivity contribution in [3.05, 3.63) is 11.7 Å². The molecule has 1 heterocycles. The van der Waals surface area contributed by atoms with E-state index >= 15 is 0 Å². The van der Waals surface area contributed by atoms with E-state index in [1.807, 2.05) is 0 Å². The number of hydrogen-bond acceptors (Lipinski definition) is 5. The van der Waals surface area contributed by atoms with Crippen LogP contribution in [0.5, 0.6) is 0 Å². The largest absolute Gasteiger partial charge is 0.370 e. The lowest BCUT2D eigenvalue weighted by Gasteiger charge is -2.38. The summed E-state index contributed by atoms with van der Waals surface area (Å²) in [5.74, 6) is 1.42. The van der Waals surface area contributed by atoms with E-state index in [0.29, 0.717) is 18.3 Å². The van der Waals surface area contributed by atoms with E-state index in [2.05, 4.69) is 10.1 Å². The van der Waals surface area contributed by atoms with E-state index < -0.39 is 0 Å². The maximum Gasteiger partial charge on any atom is 0.234 e. The SMILES string of the molecule is COC1(c2noc(C3(CN)CCC3)n2)CCC1. The predicted molar refractivity (Wildman–Crippen MR) is 61.4 cm³/mol. The molecule has 2 N–H and O–H groups in total. The van der Waals surface area contributed by atoms with Crippen molar-refractivity contribution in [1.82, 2.24) is 10.1 Å². The number of methoxy groups -OCH3 is 1. The lowest BCUT2D eigenvalue weighted by atomic mass is 9.68. The van der Waals surface area contributed by atoms with E-state index in [1.54, 1.807) is 7.11 Å². The van der Waals surface area contributed by atoms with Gasteiger partial charge in [0.2, 0.25) is 11.7 Å². The molecular formula is C12H19N3O2. The van der Waals surface area contributed by atoms with Gasteiger partial charge in [0, 0.05) is 13.7 Å². The summed E-state index contributed by atoms with van der Waals surface area (Å²) >= 11 is 0. The van der Waals surface area contributed by atoms with Gasteiger partial charge in [-0.15, -0.1) is 0 Å². The smallest absolute Gasteiger partial charge is 0.234 e. The summed E-state index contributed by atoms with van der Waals surface area (Å²) in [6.07, 6.45) is 6.45. The first kappa shape index (κ1) is 11.2. The van der Waals surface area contributed by atoms with Gasteiger partial charge in [-0.25, -0.2) is 0 Å². The summed E-state index contributed by atoms with van der Waals surface area (Å²) in [6.45, 7) is 0.592.